The van der Waals surface area contributed by atoms with E-state index in [1.54, 1.807) is 35.1 Å². The van der Waals surface area contributed by atoms with Gasteiger partial charge < -0.3 is 15.2 Å². The smallest absolute Gasteiger partial charge is 0.328 e. The van der Waals surface area contributed by atoms with Crippen LogP contribution in [0.5, 0.6) is 0 Å². The molecule has 5 nitrogen and oxygen atoms in total. The summed E-state index contributed by atoms with van der Waals surface area (Å²) >= 11 is 0. The largest absolute Gasteiger partial charge is 0.480 e. The molecule has 0 aliphatic rings. The summed E-state index contributed by atoms with van der Waals surface area (Å²) in [7, 11) is 0. The minimum absolute atomic E-state index is 0.183. The molecule has 0 aromatic carbocycles. The molecule has 0 aliphatic carbocycles. The molecule has 3 N–H and O–H groups in total. The molecule has 0 spiro atoms. The lowest BCUT2D eigenvalue weighted by Crippen LogP contribution is -2.47. The van der Waals surface area contributed by atoms with Crippen LogP contribution in [-0.4, -0.2) is 20.5 Å². The standard InChI is InChI=1S/C14H19N3O2/c1-13(2,3)9-14(15,12(18)19)10-4-5-11-16-6-7-17(11)8-10/h4-8H,9,15H2,1-3H3,(H,18,19)/t14-/m1/s1. The maximum absolute atomic E-state index is 11.6. The SMILES string of the molecule is CC(C)(C)C[C@](N)(C(=O)O)c1ccc2nccn2c1. The van der Waals surface area contributed by atoms with Crippen molar-refractivity contribution in [3.8, 4) is 0 Å². The number of pyridine rings is 1. The summed E-state index contributed by atoms with van der Waals surface area (Å²) in [5.74, 6) is -1.01. The van der Waals surface area contributed by atoms with Crippen molar-refractivity contribution in [3.63, 3.8) is 0 Å². The summed E-state index contributed by atoms with van der Waals surface area (Å²) in [5.41, 5.74) is 5.95. The number of aliphatic carboxylic acids is 1. The maximum Gasteiger partial charge on any atom is 0.328 e. The quantitative estimate of drug-likeness (QED) is 0.885. The van der Waals surface area contributed by atoms with Crippen LogP contribution in [0, 0.1) is 5.41 Å². The summed E-state index contributed by atoms with van der Waals surface area (Å²) in [6.07, 6.45) is 5.54. The Hall–Kier alpha value is -1.88. The summed E-state index contributed by atoms with van der Waals surface area (Å²) in [6, 6.07) is 3.52. The summed E-state index contributed by atoms with van der Waals surface area (Å²) in [6.45, 7) is 5.94. The van der Waals surface area contributed by atoms with Crippen molar-refractivity contribution in [3.05, 3.63) is 36.3 Å². The minimum atomic E-state index is -1.39. The fourth-order valence-corrected chi connectivity index (χ4v) is 2.32. The Bertz CT molecular complexity index is 612. The highest BCUT2D eigenvalue weighted by atomic mass is 16.4. The van der Waals surface area contributed by atoms with E-state index in [4.69, 9.17) is 5.73 Å². The van der Waals surface area contributed by atoms with Gasteiger partial charge in [0.2, 0.25) is 0 Å². The second-order valence-electron chi connectivity index (χ2n) is 6.12. The average molecular weight is 261 g/mol. The van der Waals surface area contributed by atoms with E-state index in [9.17, 15) is 9.90 Å². The van der Waals surface area contributed by atoms with E-state index in [0.29, 0.717) is 12.0 Å². The third-order valence-electron chi connectivity index (χ3n) is 3.09. The predicted molar refractivity (Wildman–Crippen MR) is 72.8 cm³/mol. The fourth-order valence-electron chi connectivity index (χ4n) is 2.32. The molecule has 0 amide bonds. The number of hydrogen-bond donors (Lipinski definition) is 2. The van der Waals surface area contributed by atoms with E-state index in [0.717, 1.165) is 5.65 Å². The zero-order valence-corrected chi connectivity index (χ0v) is 11.4. The van der Waals surface area contributed by atoms with Crippen molar-refractivity contribution >= 4 is 11.6 Å². The van der Waals surface area contributed by atoms with Gasteiger partial charge in [0.05, 0.1) is 0 Å². The van der Waals surface area contributed by atoms with Gasteiger partial charge in [0.1, 0.15) is 11.2 Å². The highest BCUT2D eigenvalue weighted by molar-refractivity contribution is 5.80. The number of rotatable bonds is 3. The highest BCUT2D eigenvalue weighted by Gasteiger charge is 2.40. The van der Waals surface area contributed by atoms with Crippen LogP contribution in [0.3, 0.4) is 0 Å². The monoisotopic (exact) mass is 261 g/mol. The Kier molecular flexibility index (Phi) is 3.10. The van der Waals surface area contributed by atoms with Gasteiger partial charge in [0, 0.05) is 18.6 Å². The Morgan fingerprint density at radius 3 is 2.68 bits per heavy atom. The molecule has 2 aromatic rings. The van der Waals surface area contributed by atoms with Crippen molar-refractivity contribution in [1.29, 1.82) is 0 Å². The van der Waals surface area contributed by atoms with Crippen LogP contribution in [0.25, 0.3) is 5.65 Å². The Morgan fingerprint density at radius 1 is 1.42 bits per heavy atom. The molecular formula is C14H19N3O2. The summed E-state index contributed by atoms with van der Waals surface area (Å²) in [5, 5.41) is 9.52. The molecule has 2 rings (SSSR count). The van der Waals surface area contributed by atoms with Crippen molar-refractivity contribution in [2.45, 2.75) is 32.7 Å². The van der Waals surface area contributed by atoms with Crippen LogP contribution in [0.1, 0.15) is 32.8 Å². The fraction of sp³-hybridized carbons (Fsp3) is 0.429. The lowest BCUT2D eigenvalue weighted by atomic mass is 9.77. The number of fused-ring (bicyclic) bond motifs is 1. The number of carboxylic acid groups (broad SMARTS) is 1. The molecular weight excluding hydrogens is 242 g/mol. The molecule has 0 radical (unpaired) electrons. The summed E-state index contributed by atoms with van der Waals surface area (Å²) < 4.78 is 1.78. The first-order valence-electron chi connectivity index (χ1n) is 6.18. The molecule has 19 heavy (non-hydrogen) atoms. The van der Waals surface area contributed by atoms with Gasteiger partial charge in [0.25, 0.3) is 0 Å². The molecule has 5 heteroatoms. The molecule has 0 bridgehead atoms. The molecule has 102 valence electrons. The number of carbonyl (C=O) groups is 1. The zero-order chi connectivity index (χ0) is 14.3. The molecule has 0 fully saturated rings. The first kappa shape index (κ1) is 13.5. The second-order valence-corrected chi connectivity index (χ2v) is 6.12. The molecule has 1 atom stereocenters. The predicted octanol–water partition coefficient (Wildman–Crippen LogP) is 2.01. The van der Waals surface area contributed by atoms with Gasteiger partial charge in [-0.3, -0.25) is 0 Å². The van der Waals surface area contributed by atoms with E-state index < -0.39 is 11.5 Å². The van der Waals surface area contributed by atoms with Gasteiger partial charge in [0.15, 0.2) is 0 Å². The van der Waals surface area contributed by atoms with E-state index in [2.05, 4.69) is 4.98 Å². The van der Waals surface area contributed by atoms with Gasteiger partial charge in [-0.1, -0.05) is 26.8 Å². The lowest BCUT2D eigenvalue weighted by Gasteiger charge is -2.32. The Labute approximate surface area is 112 Å². The van der Waals surface area contributed by atoms with Crippen molar-refractivity contribution in [2.75, 3.05) is 0 Å². The normalized spacial score (nSPS) is 15.4. The molecule has 0 aliphatic heterocycles. The number of nitrogens with zero attached hydrogens (tertiary/aromatic N) is 2. The third-order valence-corrected chi connectivity index (χ3v) is 3.09. The van der Waals surface area contributed by atoms with Crippen molar-refractivity contribution in [1.82, 2.24) is 9.38 Å². The lowest BCUT2D eigenvalue weighted by molar-refractivity contribution is -0.145. The number of carboxylic acids is 1. The van der Waals surface area contributed by atoms with E-state index in [1.165, 1.54) is 0 Å². The van der Waals surface area contributed by atoms with Gasteiger partial charge in [-0.2, -0.15) is 0 Å². The van der Waals surface area contributed by atoms with Crippen LogP contribution in [-0.2, 0) is 10.3 Å². The van der Waals surface area contributed by atoms with E-state index >= 15 is 0 Å². The van der Waals surface area contributed by atoms with Crippen LogP contribution in [0.2, 0.25) is 0 Å². The topological polar surface area (TPSA) is 80.6 Å². The van der Waals surface area contributed by atoms with E-state index in [-0.39, 0.29) is 5.41 Å². The average Bonchev–Trinajstić information content (AvgIpc) is 2.72. The summed E-state index contributed by atoms with van der Waals surface area (Å²) in [4.78, 5) is 15.8. The first-order chi connectivity index (χ1) is 8.72. The van der Waals surface area contributed by atoms with Crippen molar-refractivity contribution < 1.29 is 9.90 Å². The first-order valence-corrected chi connectivity index (χ1v) is 6.18. The van der Waals surface area contributed by atoms with Gasteiger partial charge in [-0.15, -0.1) is 0 Å². The van der Waals surface area contributed by atoms with Crippen LogP contribution < -0.4 is 5.73 Å². The number of nitrogens with two attached hydrogens (primary N) is 1. The van der Waals surface area contributed by atoms with Crippen LogP contribution in [0.4, 0.5) is 0 Å². The second kappa shape index (κ2) is 4.35. The zero-order valence-electron chi connectivity index (χ0n) is 11.4. The number of hydrogen-bond acceptors (Lipinski definition) is 3. The minimum Gasteiger partial charge on any atom is -0.480 e. The van der Waals surface area contributed by atoms with Crippen molar-refractivity contribution in [2.24, 2.45) is 11.1 Å². The molecule has 0 unspecified atom stereocenters. The molecule has 0 saturated carbocycles. The maximum atomic E-state index is 11.6. The van der Waals surface area contributed by atoms with Crippen LogP contribution >= 0.6 is 0 Å². The molecule has 2 heterocycles. The highest BCUT2D eigenvalue weighted by Crippen LogP contribution is 2.33. The third kappa shape index (κ3) is 2.61. The Morgan fingerprint density at radius 2 is 2.11 bits per heavy atom. The van der Waals surface area contributed by atoms with Gasteiger partial charge in [-0.25, -0.2) is 9.78 Å². The van der Waals surface area contributed by atoms with E-state index in [1.807, 2.05) is 20.8 Å². The van der Waals surface area contributed by atoms with Crippen LogP contribution in [0.15, 0.2) is 30.7 Å². The molecule has 2 aromatic heterocycles. The van der Waals surface area contributed by atoms with Gasteiger partial charge in [-0.05, 0) is 23.5 Å². The van der Waals surface area contributed by atoms with Gasteiger partial charge >= 0.3 is 5.97 Å². The number of imidazole rings is 1. The number of aromatic nitrogens is 2. The Balaban J connectivity index is 2.51. The molecule has 0 saturated heterocycles.